The Morgan fingerprint density at radius 1 is 1.19 bits per heavy atom. The molecule has 6 heteroatoms. The fourth-order valence-electron chi connectivity index (χ4n) is 3.05. The van der Waals surface area contributed by atoms with Gasteiger partial charge in [-0.1, -0.05) is 41.9 Å². The van der Waals surface area contributed by atoms with Gasteiger partial charge in [-0.05, 0) is 35.7 Å². The Bertz CT molecular complexity index is 795. The highest BCUT2D eigenvalue weighted by atomic mass is 35.5. The van der Waals surface area contributed by atoms with Gasteiger partial charge in [0.15, 0.2) is 0 Å². The molecule has 1 fully saturated rings. The van der Waals surface area contributed by atoms with Crippen LogP contribution in [0.1, 0.15) is 17.5 Å². The van der Waals surface area contributed by atoms with E-state index in [1.54, 1.807) is 23.1 Å². The van der Waals surface area contributed by atoms with Crippen molar-refractivity contribution < 1.29 is 14.0 Å². The van der Waals surface area contributed by atoms with Crippen LogP contribution in [0.25, 0.3) is 0 Å². The molecular formula is C20H20ClFN2O2. The zero-order valence-electron chi connectivity index (χ0n) is 14.3. The van der Waals surface area contributed by atoms with Crippen molar-refractivity contribution in [2.24, 2.45) is 5.92 Å². The summed E-state index contributed by atoms with van der Waals surface area (Å²) in [5, 5.41) is 3.47. The lowest BCUT2D eigenvalue weighted by Crippen LogP contribution is -2.33. The lowest BCUT2D eigenvalue weighted by atomic mass is 10.1. The van der Waals surface area contributed by atoms with Gasteiger partial charge in [0.25, 0.3) is 0 Å². The minimum atomic E-state index is -0.349. The van der Waals surface area contributed by atoms with E-state index in [-0.39, 0.29) is 30.0 Å². The van der Waals surface area contributed by atoms with Crippen molar-refractivity contribution >= 4 is 23.4 Å². The largest absolute Gasteiger partial charge is 0.352 e. The molecule has 1 heterocycles. The van der Waals surface area contributed by atoms with Crippen LogP contribution in [0.5, 0.6) is 0 Å². The normalized spacial score (nSPS) is 16.8. The van der Waals surface area contributed by atoms with E-state index in [1.807, 2.05) is 18.2 Å². The molecule has 0 radical (unpaired) electrons. The first-order valence-electron chi connectivity index (χ1n) is 8.56. The van der Waals surface area contributed by atoms with Crippen molar-refractivity contribution in [2.45, 2.75) is 19.4 Å². The number of halogens is 2. The Hall–Kier alpha value is -2.40. The molecular weight excluding hydrogens is 355 g/mol. The molecule has 0 spiro atoms. The van der Waals surface area contributed by atoms with E-state index in [2.05, 4.69) is 5.32 Å². The average molecular weight is 375 g/mol. The molecule has 4 nitrogen and oxygen atoms in total. The van der Waals surface area contributed by atoms with E-state index in [1.165, 1.54) is 12.1 Å². The highest BCUT2D eigenvalue weighted by molar-refractivity contribution is 6.31. The summed E-state index contributed by atoms with van der Waals surface area (Å²) in [6.07, 6.45) is 0.859. The average Bonchev–Trinajstić information content (AvgIpc) is 3.01. The SMILES string of the molecule is O=C(NCc1ccccc1Cl)[C@H]1CC(=O)N(CCc2ccc(F)cc2)C1. The van der Waals surface area contributed by atoms with Crippen molar-refractivity contribution in [3.8, 4) is 0 Å². The predicted octanol–water partition coefficient (Wildman–Crippen LogP) is 3.19. The monoisotopic (exact) mass is 374 g/mol. The molecule has 0 unspecified atom stereocenters. The second kappa shape index (κ2) is 8.32. The molecule has 0 bridgehead atoms. The second-order valence-electron chi connectivity index (χ2n) is 6.43. The van der Waals surface area contributed by atoms with Gasteiger partial charge < -0.3 is 10.2 Å². The van der Waals surface area contributed by atoms with Crippen LogP contribution in [0, 0.1) is 11.7 Å². The van der Waals surface area contributed by atoms with Gasteiger partial charge in [0, 0.05) is 31.1 Å². The van der Waals surface area contributed by atoms with E-state index in [0.29, 0.717) is 31.1 Å². The van der Waals surface area contributed by atoms with Crippen LogP contribution in [-0.2, 0) is 22.6 Å². The summed E-state index contributed by atoms with van der Waals surface area (Å²) in [6, 6.07) is 13.6. The number of likely N-dealkylation sites (tertiary alicyclic amines) is 1. The maximum Gasteiger partial charge on any atom is 0.225 e. The maximum absolute atomic E-state index is 12.9. The zero-order valence-corrected chi connectivity index (χ0v) is 15.0. The summed E-state index contributed by atoms with van der Waals surface area (Å²) >= 11 is 6.09. The van der Waals surface area contributed by atoms with Gasteiger partial charge in [-0.2, -0.15) is 0 Å². The van der Waals surface area contributed by atoms with Crippen molar-refractivity contribution in [1.29, 1.82) is 0 Å². The van der Waals surface area contributed by atoms with E-state index < -0.39 is 0 Å². The third-order valence-electron chi connectivity index (χ3n) is 4.58. The first kappa shape index (κ1) is 18.4. The topological polar surface area (TPSA) is 49.4 Å². The summed E-state index contributed by atoms with van der Waals surface area (Å²) in [5.74, 6) is -0.785. The van der Waals surface area contributed by atoms with Crippen LogP contribution in [0.3, 0.4) is 0 Å². The predicted molar refractivity (Wildman–Crippen MR) is 98.1 cm³/mol. The first-order valence-corrected chi connectivity index (χ1v) is 8.94. The number of hydrogen-bond donors (Lipinski definition) is 1. The number of amides is 2. The van der Waals surface area contributed by atoms with Gasteiger partial charge in [-0.15, -0.1) is 0 Å². The molecule has 2 aromatic carbocycles. The van der Waals surface area contributed by atoms with Crippen molar-refractivity contribution in [1.82, 2.24) is 10.2 Å². The number of carbonyl (C=O) groups is 2. The Kier molecular flexibility index (Phi) is 5.89. The van der Waals surface area contributed by atoms with E-state index in [9.17, 15) is 14.0 Å². The molecule has 1 aliphatic rings. The van der Waals surface area contributed by atoms with E-state index in [4.69, 9.17) is 11.6 Å². The molecule has 1 aliphatic heterocycles. The highest BCUT2D eigenvalue weighted by Gasteiger charge is 2.33. The molecule has 2 aromatic rings. The summed E-state index contributed by atoms with van der Waals surface area (Å²) in [5.41, 5.74) is 1.81. The third-order valence-corrected chi connectivity index (χ3v) is 4.95. The standard InChI is InChI=1S/C20H20ClFN2O2/c21-18-4-2-1-3-15(18)12-23-20(26)16-11-19(25)24(13-16)10-9-14-5-7-17(22)8-6-14/h1-8,16H,9-13H2,(H,23,26)/t16-/m0/s1. The molecule has 1 saturated heterocycles. The van der Waals surface area contributed by atoms with Crippen LogP contribution in [0.15, 0.2) is 48.5 Å². The smallest absolute Gasteiger partial charge is 0.225 e. The number of nitrogens with one attached hydrogen (secondary N) is 1. The molecule has 1 atom stereocenters. The van der Waals surface area contributed by atoms with Gasteiger partial charge >= 0.3 is 0 Å². The number of nitrogens with zero attached hydrogens (tertiary/aromatic N) is 1. The molecule has 0 aliphatic carbocycles. The highest BCUT2D eigenvalue weighted by Crippen LogP contribution is 2.20. The Labute approximate surface area is 157 Å². The van der Waals surface area contributed by atoms with E-state index in [0.717, 1.165) is 11.1 Å². The van der Waals surface area contributed by atoms with Crippen LogP contribution >= 0.6 is 11.6 Å². The summed E-state index contributed by atoms with van der Waals surface area (Å²) in [4.78, 5) is 26.2. The quantitative estimate of drug-likeness (QED) is 0.844. The first-order chi connectivity index (χ1) is 12.5. The fourth-order valence-corrected chi connectivity index (χ4v) is 3.25. The molecule has 136 valence electrons. The number of carbonyl (C=O) groups excluding carboxylic acids is 2. The number of benzene rings is 2. The number of rotatable bonds is 6. The Morgan fingerprint density at radius 3 is 2.65 bits per heavy atom. The third kappa shape index (κ3) is 4.61. The minimum absolute atomic E-state index is 0.0231. The maximum atomic E-state index is 12.9. The lowest BCUT2D eigenvalue weighted by molar-refractivity contribution is -0.129. The lowest BCUT2D eigenvalue weighted by Gasteiger charge is -2.16. The number of hydrogen-bond acceptors (Lipinski definition) is 2. The molecule has 3 rings (SSSR count). The van der Waals surface area contributed by atoms with Crippen molar-refractivity contribution in [2.75, 3.05) is 13.1 Å². The summed E-state index contributed by atoms with van der Waals surface area (Å²) < 4.78 is 12.9. The zero-order chi connectivity index (χ0) is 18.5. The summed E-state index contributed by atoms with van der Waals surface area (Å²) in [6.45, 7) is 1.28. The molecule has 2 amide bonds. The van der Waals surface area contributed by atoms with Crippen molar-refractivity contribution in [3.05, 3.63) is 70.5 Å². The Morgan fingerprint density at radius 2 is 1.92 bits per heavy atom. The molecule has 0 saturated carbocycles. The minimum Gasteiger partial charge on any atom is -0.352 e. The van der Waals surface area contributed by atoms with Crippen LogP contribution in [0.2, 0.25) is 5.02 Å². The molecule has 26 heavy (non-hydrogen) atoms. The van der Waals surface area contributed by atoms with E-state index >= 15 is 0 Å². The van der Waals surface area contributed by atoms with Gasteiger partial charge in [-0.25, -0.2) is 4.39 Å². The van der Waals surface area contributed by atoms with Crippen molar-refractivity contribution in [3.63, 3.8) is 0 Å². The second-order valence-corrected chi connectivity index (χ2v) is 6.83. The fraction of sp³-hybridized carbons (Fsp3) is 0.300. The Balaban J connectivity index is 1.49. The van der Waals surface area contributed by atoms with Crippen LogP contribution in [-0.4, -0.2) is 29.8 Å². The van der Waals surface area contributed by atoms with Gasteiger partial charge in [0.05, 0.1) is 5.92 Å². The van der Waals surface area contributed by atoms with Gasteiger partial charge in [0.2, 0.25) is 11.8 Å². The molecule has 0 aromatic heterocycles. The molecule has 1 N–H and O–H groups in total. The van der Waals surface area contributed by atoms with Gasteiger partial charge in [0.1, 0.15) is 5.82 Å². The van der Waals surface area contributed by atoms with Crippen LogP contribution < -0.4 is 5.32 Å². The summed E-state index contributed by atoms with van der Waals surface area (Å²) in [7, 11) is 0. The van der Waals surface area contributed by atoms with Gasteiger partial charge in [-0.3, -0.25) is 9.59 Å². The van der Waals surface area contributed by atoms with Crippen LogP contribution in [0.4, 0.5) is 4.39 Å².